The molecule has 350 valence electrons. The van der Waals surface area contributed by atoms with Gasteiger partial charge in [-0.1, -0.05) is 132 Å². The molecule has 0 radical (unpaired) electrons. The van der Waals surface area contributed by atoms with Crippen molar-refractivity contribution in [3.8, 4) is 11.4 Å². The van der Waals surface area contributed by atoms with E-state index in [4.69, 9.17) is 0 Å². The van der Waals surface area contributed by atoms with Gasteiger partial charge in [-0.15, -0.1) is 0 Å². The molecule has 0 amide bonds. The van der Waals surface area contributed by atoms with Crippen molar-refractivity contribution < 1.29 is 0 Å². The molecule has 66 heavy (non-hydrogen) atoms. The van der Waals surface area contributed by atoms with Crippen molar-refractivity contribution in [3.63, 3.8) is 0 Å². The molecular weight excluding hydrogens is 805 g/mol. The quantitative estimate of drug-likeness (QED) is 0.0716. The summed E-state index contributed by atoms with van der Waals surface area (Å²) < 4.78 is 4.86. The van der Waals surface area contributed by atoms with Crippen LogP contribution >= 0.6 is 0 Å². The van der Waals surface area contributed by atoms with Gasteiger partial charge in [0, 0.05) is 21.5 Å². The van der Waals surface area contributed by atoms with E-state index in [1.807, 2.05) is 24.3 Å². The topological polar surface area (TPSA) is 44.0 Å². The lowest BCUT2D eigenvalue weighted by molar-refractivity contribution is 0.602. The summed E-state index contributed by atoms with van der Waals surface area (Å²) >= 11 is 0. The second-order valence-electron chi connectivity index (χ2n) is 19.4. The van der Waals surface area contributed by atoms with Gasteiger partial charge in [0.05, 0.1) is 33.4 Å². The lowest BCUT2D eigenvalue weighted by Crippen LogP contribution is -2.19. The molecule has 0 unspecified atom stereocenters. The molecule has 0 atom stereocenters. The molecule has 0 aliphatic rings. The smallest absolute Gasteiger partial charge is 0.197 e. The average molecular weight is 885 g/mol. The molecule has 4 heteroatoms. The molecule has 7 rings (SSSR count). The van der Waals surface area contributed by atoms with Gasteiger partial charge in [-0.05, 0) is 182 Å². The van der Waals surface area contributed by atoms with Crippen LogP contribution in [-0.4, -0.2) is 9.13 Å². The lowest BCUT2D eigenvalue weighted by atomic mass is 9.80. The second-order valence-corrected chi connectivity index (χ2v) is 19.4. The molecule has 0 saturated heterocycles. The van der Waals surface area contributed by atoms with Crippen molar-refractivity contribution in [2.75, 3.05) is 0 Å². The number of para-hydroxylation sites is 2. The van der Waals surface area contributed by atoms with Crippen molar-refractivity contribution in [2.24, 2.45) is 0 Å². The third kappa shape index (κ3) is 8.49. The van der Waals surface area contributed by atoms with Gasteiger partial charge in [-0.25, -0.2) is 0 Å². The summed E-state index contributed by atoms with van der Waals surface area (Å²) in [5, 5.41) is 2.72. The van der Waals surface area contributed by atoms with Gasteiger partial charge in [-0.2, -0.15) is 0 Å². The lowest BCUT2D eigenvalue weighted by Gasteiger charge is -2.31. The predicted molar refractivity (Wildman–Crippen MR) is 288 cm³/mol. The number of fused-ring (bicyclic) bond motifs is 4. The third-order valence-corrected chi connectivity index (χ3v) is 16.3. The summed E-state index contributed by atoms with van der Waals surface area (Å²) in [5.41, 5.74) is 14.2. The monoisotopic (exact) mass is 885 g/mol. The number of nitrogens with zero attached hydrogens (tertiary/aromatic N) is 2. The fourth-order valence-corrected chi connectivity index (χ4v) is 12.1. The van der Waals surface area contributed by atoms with Crippen LogP contribution < -0.4 is 10.9 Å². The molecule has 2 heterocycles. The first-order chi connectivity index (χ1) is 32.1. The molecule has 0 bridgehead atoms. The van der Waals surface area contributed by atoms with Crippen molar-refractivity contribution in [1.29, 1.82) is 0 Å². The number of pyridine rings is 2. The zero-order valence-electron chi connectivity index (χ0n) is 42.7. The Labute approximate surface area is 396 Å². The van der Waals surface area contributed by atoms with Crippen molar-refractivity contribution in [3.05, 3.63) is 139 Å². The Morgan fingerprint density at radius 1 is 0.318 bits per heavy atom. The molecule has 0 N–H and O–H groups in total. The molecule has 4 nitrogen and oxygen atoms in total. The van der Waals surface area contributed by atoms with E-state index < -0.39 is 0 Å². The van der Waals surface area contributed by atoms with Crippen LogP contribution in [0.4, 0.5) is 0 Å². The van der Waals surface area contributed by atoms with Crippen LogP contribution in [0.2, 0.25) is 0 Å². The third-order valence-electron chi connectivity index (χ3n) is 16.3. The molecule has 0 saturated carbocycles. The minimum atomic E-state index is 0.0113. The van der Waals surface area contributed by atoms with E-state index in [-0.39, 0.29) is 10.9 Å². The number of rotatable bonds is 20. The second kappa shape index (κ2) is 21.3. The standard InChI is InChI=1S/C62H80N2O2/c1-13-39(14-2)45-33-49(41(17-5)18-6)59(50(34-45)42(19-7)20-8)63-55-31-27-25-29-47(55)61(65)53-38-58-54(37-57(53)63)62(66)48-30-26-28-32-56(48)64(58)60-51(43(21-9)22-10)35-46(40(15-3)16-4)36-52(60)44(23-11)24-12/h25-44H,13-24H2,1-12H3. The van der Waals surface area contributed by atoms with Gasteiger partial charge >= 0.3 is 0 Å². The molecule has 0 spiro atoms. The Hall–Kier alpha value is -4.96. The first-order valence-corrected chi connectivity index (χ1v) is 26.5. The summed E-state index contributed by atoms with van der Waals surface area (Å²) in [4.78, 5) is 30.8. The van der Waals surface area contributed by atoms with E-state index in [0.29, 0.717) is 57.1 Å². The maximum Gasteiger partial charge on any atom is 0.197 e. The van der Waals surface area contributed by atoms with Gasteiger partial charge in [0.2, 0.25) is 0 Å². The zero-order chi connectivity index (χ0) is 47.4. The van der Waals surface area contributed by atoms with Crippen molar-refractivity contribution in [2.45, 2.75) is 196 Å². The Kier molecular flexibility index (Phi) is 15.8. The highest BCUT2D eigenvalue weighted by Crippen LogP contribution is 2.45. The molecular formula is C62H80N2O2. The van der Waals surface area contributed by atoms with Gasteiger partial charge < -0.3 is 9.13 Å². The van der Waals surface area contributed by atoms with E-state index in [2.05, 4.69) is 153 Å². The van der Waals surface area contributed by atoms with Crippen LogP contribution in [0, 0.1) is 0 Å². The van der Waals surface area contributed by atoms with E-state index in [0.717, 1.165) is 99.1 Å². The number of hydrogen-bond acceptors (Lipinski definition) is 2. The highest BCUT2D eigenvalue weighted by atomic mass is 16.1. The minimum Gasteiger partial charge on any atom is -0.308 e. The van der Waals surface area contributed by atoms with Gasteiger partial charge in [-0.3, -0.25) is 9.59 Å². The van der Waals surface area contributed by atoms with E-state index in [9.17, 15) is 0 Å². The molecule has 5 aromatic carbocycles. The molecule has 0 aliphatic heterocycles. The number of benzene rings is 5. The molecule has 2 aromatic heterocycles. The van der Waals surface area contributed by atoms with Crippen LogP contribution in [0.3, 0.4) is 0 Å². The SMILES string of the molecule is CCC(CC)c1cc(C(CC)CC)c(-n2c3ccccc3c(=O)c3cc4c(cc32)c(=O)c2ccccc2n4-c2c(C(CC)CC)cc(C(CC)CC)cc2C(CC)CC)c(C(CC)CC)c1. The minimum absolute atomic E-state index is 0.0113. The molecule has 7 aromatic rings. The molecule has 0 fully saturated rings. The van der Waals surface area contributed by atoms with E-state index in [1.54, 1.807) is 0 Å². The Balaban J connectivity index is 1.78. The first-order valence-electron chi connectivity index (χ1n) is 26.5. The first kappa shape index (κ1) is 49.0. The van der Waals surface area contributed by atoms with Crippen molar-refractivity contribution in [1.82, 2.24) is 9.13 Å². The fraction of sp³-hybridized carbons (Fsp3) is 0.484. The van der Waals surface area contributed by atoms with Crippen molar-refractivity contribution >= 4 is 43.6 Å². The van der Waals surface area contributed by atoms with Gasteiger partial charge in [0.25, 0.3) is 0 Å². The maximum absolute atomic E-state index is 15.4. The number of hydrogen-bond donors (Lipinski definition) is 0. The van der Waals surface area contributed by atoms with E-state index >= 15 is 9.59 Å². The predicted octanol–water partition coefficient (Wildman–Crippen LogP) is 18.0. The normalized spacial score (nSPS) is 12.4. The van der Waals surface area contributed by atoms with E-state index in [1.165, 1.54) is 44.8 Å². The summed E-state index contributed by atoms with van der Waals surface area (Å²) in [6.45, 7) is 27.9. The maximum atomic E-state index is 15.4. The Morgan fingerprint density at radius 2 is 0.576 bits per heavy atom. The van der Waals surface area contributed by atoms with Gasteiger partial charge in [0.1, 0.15) is 0 Å². The highest BCUT2D eigenvalue weighted by molar-refractivity contribution is 6.05. The summed E-state index contributed by atoms with van der Waals surface area (Å²) in [5.74, 6) is 2.24. The fourth-order valence-electron chi connectivity index (χ4n) is 12.1. The van der Waals surface area contributed by atoms with Crippen LogP contribution in [0.15, 0.2) is 94.5 Å². The van der Waals surface area contributed by atoms with Crippen LogP contribution in [-0.2, 0) is 0 Å². The zero-order valence-corrected chi connectivity index (χ0v) is 42.7. The van der Waals surface area contributed by atoms with Gasteiger partial charge in [0.15, 0.2) is 10.9 Å². The van der Waals surface area contributed by atoms with Crippen LogP contribution in [0.5, 0.6) is 0 Å². The highest BCUT2D eigenvalue weighted by Gasteiger charge is 2.29. The Morgan fingerprint density at radius 3 is 0.833 bits per heavy atom. The van der Waals surface area contributed by atoms with Crippen LogP contribution in [0.1, 0.15) is 229 Å². The largest absolute Gasteiger partial charge is 0.308 e. The number of aromatic nitrogens is 2. The van der Waals surface area contributed by atoms with Crippen LogP contribution in [0.25, 0.3) is 55.0 Å². The summed E-state index contributed by atoms with van der Waals surface area (Å²) in [6, 6.07) is 30.8. The Bertz CT molecular complexity index is 2660. The average Bonchev–Trinajstić information content (AvgIpc) is 3.34. The molecule has 0 aliphatic carbocycles. The summed E-state index contributed by atoms with van der Waals surface area (Å²) in [6.07, 6.45) is 12.5. The summed E-state index contributed by atoms with van der Waals surface area (Å²) in [7, 11) is 0.